The van der Waals surface area contributed by atoms with Gasteiger partial charge in [-0.2, -0.15) is 0 Å². The van der Waals surface area contributed by atoms with E-state index in [1.807, 2.05) is 11.9 Å². The highest BCUT2D eigenvalue weighted by atomic mass is 16.2. The molecular formula is C12H25NO. The molecule has 0 spiro atoms. The van der Waals surface area contributed by atoms with Gasteiger partial charge in [-0.05, 0) is 12.3 Å². The second kappa shape index (κ2) is 7.84. The molecule has 0 saturated heterocycles. The zero-order valence-electron chi connectivity index (χ0n) is 10.2. The summed E-state index contributed by atoms with van der Waals surface area (Å²) < 4.78 is 0. The standard InChI is InChI=1S/C12H25NO/c1-5-7-8-9-12(14)13(4)10-11(3)6-2/h11H,5-10H2,1-4H3. The summed E-state index contributed by atoms with van der Waals surface area (Å²) in [5.74, 6) is 0.925. The van der Waals surface area contributed by atoms with Crippen molar-refractivity contribution in [2.24, 2.45) is 5.92 Å². The fraction of sp³-hybridized carbons (Fsp3) is 0.917. The molecule has 0 aliphatic carbocycles. The molecule has 14 heavy (non-hydrogen) atoms. The van der Waals surface area contributed by atoms with E-state index in [0.29, 0.717) is 11.8 Å². The van der Waals surface area contributed by atoms with Gasteiger partial charge in [-0.1, -0.05) is 40.0 Å². The van der Waals surface area contributed by atoms with Gasteiger partial charge in [0.05, 0.1) is 0 Å². The van der Waals surface area contributed by atoms with Crippen molar-refractivity contribution < 1.29 is 4.79 Å². The molecule has 0 N–H and O–H groups in total. The largest absolute Gasteiger partial charge is 0.345 e. The van der Waals surface area contributed by atoms with E-state index in [0.717, 1.165) is 25.8 Å². The van der Waals surface area contributed by atoms with E-state index in [4.69, 9.17) is 0 Å². The first kappa shape index (κ1) is 13.5. The maximum absolute atomic E-state index is 11.6. The first-order valence-electron chi connectivity index (χ1n) is 5.85. The van der Waals surface area contributed by atoms with Crippen LogP contribution in [0.5, 0.6) is 0 Å². The molecule has 84 valence electrons. The molecule has 0 aliphatic rings. The van der Waals surface area contributed by atoms with Crippen molar-refractivity contribution in [2.75, 3.05) is 13.6 Å². The number of unbranched alkanes of at least 4 members (excludes halogenated alkanes) is 2. The predicted octanol–water partition coefficient (Wildman–Crippen LogP) is 3.07. The van der Waals surface area contributed by atoms with Crippen molar-refractivity contribution in [3.63, 3.8) is 0 Å². The van der Waals surface area contributed by atoms with Gasteiger partial charge in [0.15, 0.2) is 0 Å². The maximum atomic E-state index is 11.6. The first-order chi connectivity index (χ1) is 6.61. The van der Waals surface area contributed by atoms with E-state index >= 15 is 0 Å². The van der Waals surface area contributed by atoms with Crippen LogP contribution in [0.2, 0.25) is 0 Å². The van der Waals surface area contributed by atoms with Crippen LogP contribution < -0.4 is 0 Å². The third-order valence-electron chi connectivity index (χ3n) is 2.70. The highest BCUT2D eigenvalue weighted by molar-refractivity contribution is 5.75. The number of nitrogens with zero attached hydrogens (tertiary/aromatic N) is 1. The Kier molecular flexibility index (Phi) is 7.54. The number of carbonyl (C=O) groups is 1. The van der Waals surface area contributed by atoms with Crippen LogP contribution in [-0.2, 0) is 4.79 Å². The van der Waals surface area contributed by atoms with Crippen LogP contribution in [0.1, 0.15) is 52.9 Å². The fourth-order valence-electron chi connectivity index (χ4n) is 1.42. The Hall–Kier alpha value is -0.530. The van der Waals surface area contributed by atoms with Gasteiger partial charge in [-0.3, -0.25) is 4.79 Å². The summed E-state index contributed by atoms with van der Waals surface area (Å²) >= 11 is 0. The lowest BCUT2D eigenvalue weighted by Crippen LogP contribution is -2.30. The van der Waals surface area contributed by atoms with Crippen molar-refractivity contribution in [3.8, 4) is 0 Å². The van der Waals surface area contributed by atoms with E-state index in [9.17, 15) is 4.79 Å². The molecule has 0 heterocycles. The van der Waals surface area contributed by atoms with Gasteiger partial charge < -0.3 is 4.90 Å². The molecule has 0 aliphatic heterocycles. The summed E-state index contributed by atoms with van der Waals surface area (Å²) in [5.41, 5.74) is 0. The quantitative estimate of drug-likeness (QED) is 0.577. The second-order valence-corrected chi connectivity index (χ2v) is 4.24. The molecule has 2 nitrogen and oxygen atoms in total. The Morgan fingerprint density at radius 2 is 1.93 bits per heavy atom. The molecule has 0 aromatic rings. The van der Waals surface area contributed by atoms with Gasteiger partial charge >= 0.3 is 0 Å². The topological polar surface area (TPSA) is 20.3 Å². The van der Waals surface area contributed by atoms with Gasteiger partial charge in [0, 0.05) is 20.0 Å². The third-order valence-corrected chi connectivity index (χ3v) is 2.70. The Morgan fingerprint density at radius 1 is 1.29 bits per heavy atom. The van der Waals surface area contributed by atoms with Crippen LogP contribution in [-0.4, -0.2) is 24.4 Å². The minimum atomic E-state index is 0.304. The van der Waals surface area contributed by atoms with Crippen molar-refractivity contribution >= 4 is 5.91 Å². The van der Waals surface area contributed by atoms with E-state index < -0.39 is 0 Å². The number of carbonyl (C=O) groups excluding carboxylic acids is 1. The Balaban J connectivity index is 3.64. The lowest BCUT2D eigenvalue weighted by atomic mass is 10.1. The van der Waals surface area contributed by atoms with Crippen molar-refractivity contribution in [2.45, 2.75) is 52.9 Å². The van der Waals surface area contributed by atoms with E-state index in [2.05, 4.69) is 20.8 Å². The molecule has 2 heteroatoms. The van der Waals surface area contributed by atoms with Gasteiger partial charge in [-0.25, -0.2) is 0 Å². The van der Waals surface area contributed by atoms with Crippen LogP contribution in [0.4, 0.5) is 0 Å². The Morgan fingerprint density at radius 3 is 2.43 bits per heavy atom. The minimum absolute atomic E-state index is 0.304. The van der Waals surface area contributed by atoms with Crippen LogP contribution >= 0.6 is 0 Å². The Labute approximate surface area is 88.7 Å². The molecule has 0 rings (SSSR count). The molecule has 0 aromatic carbocycles. The first-order valence-corrected chi connectivity index (χ1v) is 5.85. The van der Waals surface area contributed by atoms with Gasteiger partial charge in [0.1, 0.15) is 0 Å². The summed E-state index contributed by atoms with van der Waals surface area (Å²) in [6, 6.07) is 0. The van der Waals surface area contributed by atoms with Crippen LogP contribution in [0.3, 0.4) is 0 Å². The van der Waals surface area contributed by atoms with Crippen LogP contribution in [0, 0.1) is 5.92 Å². The molecule has 1 amide bonds. The average molecular weight is 199 g/mol. The highest BCUT2D eigenvalue weighted by Crippen LogP contribution is 2.06. The molecule has 1 atom stereocenters. The summed E-state index contributed by atoms with van der Waals surface area (Å²) in [6.45, 7) is 7.42. The SMILES string of the molecule is CCCCCC(=O)N(C)CC(C)CC. The lowest BCUT2D eigenvalue weighted by molar-refractivity contribution is -0.130. The van der Waals surface area contributed by atoms with Gasteiger partial charge in [-0.15, -0.1) is 0 Å². The van der Waals surface area contributed by atoms with Crippen LogP contribution in [0.15, 0.2) is 0 Å². The number of hydrogen-bond acceptors (Lipinski definition) is 1. The summed E-state index contributed by atoms with van der Waals surface area (Å²) in [7, 11) is 1.92. The van der Waals surface area contributed by atoms with Crippen molar-refractivity contribution in [1.29, 1.82) is 0 Å². The summed E-state index contributed by atoms with van der Waals surface area (Å²) in [4.78, 5) is 13.5. The lowest BCUT2D eigenvalue weighted by Gasteiger charge is -2.20. The van der Waals surface area contributed by atoms with Gasteiger partial charge in [0.2, 0.25) is 5.91 Å². The summed E-state index contributed by atoms with van der Waals surface area (Å²) in [5, 5.41) is 0. The van der Waals surface area contributed by atoms with E-state index in [-0.39, 0.29) is 0 Å². The molecule has 0 bridgehead atoms. The number of rotatable bonds is 7. The molecule has 1 unspecified atom stereocenters. The zero-order valence-corrected chi connectivity index (χ0v) is 10.2. The normalized spacial score (nSPS) is 12.6. The van der Waals surface area contributed by atoms with Crippen molar-refractivity contribution in [1.82, 2.24) is 4.90 Å². The van der Waals surface area contributed by atoms with Crippen molar-refractivity contribution in [3.05, 3.63) is 0 Å². The van der Waals surface area contributed by atoms with Gasteiger partial charge in [0.25, 0.3) is 0 Å². The molecular weight excluding hydrogens is 174 g/mol. The number of amides is 1. The monoisotopic (exact) mass is 199 g/mol. The fourth-order valence-corrected chi connectivity index (χ4v) is 1.42. The maximum Gasteiger partial charge on any atom is 0.222 e. The zero-order chi connectivity index (χ0) is 11.0. The molecule has 0 fully saturated rings. The van der Waals surface area contributed by atoms with E-state index in [1.165, 1.54) is 12.8 Å². The smallest absolute Gasteiger partial charge is 0.222 e. The third kappa shape index (κ3) is 6.01. The predicted molar refractivity (Wildman–Crippen MR) is 61.2 cm³/mol. The average Bonchev–Trinajstić information content (AvgIpc) is 2.17. The summed E-state index contributed by atoms with van der Waals surface area (Å²) in [6.07, 6.45) is 5.26. The molecule has 0 radical (unpaired) electrons. The van der Waals surface area contributed by atoms with E-state index in [1.54, 1.807) is 0 Å². The van der Waals surface area contributed by atoms with Crippen LogP contribution in [0.25, 0.3) is 0 Å². The number of hydrogen-bond donors (Lipinski definition) is 0. The highest BCUT2D eigenvalue weighted by Gasteiger charge is 2.10. The Bertz CT molecular complexity index is 156. The second-order valence-electron chi connectivity index (χ2n) is 4.24. The molecule has 0 saturated carbocycles. The minimum Gasteiger partial charge on any atom is -0.345 e. The molecule has 0 aromatic heterocycles.